The van der Waals surface area contributed by atoms with Gasteiger partial charge in [0.1, 0.15) is 0 Å². The summed E-state index contributed by atoms with van der Waals surface area (Å²) < 4.78 is 11.0. The summed E-state index contributed by atoms with van der Waals surface area (Å²) in [6, 6.07) is 8.63. The molecule has 62 valence electrons. The number of hydrogen-bond acceptors (Lipinski definition) is 2. The standard InChI is InChI=1S/C7H9O2P.H3N/c1-10(8,9)7-5-3-2-4-6-7;/h2-6H,1H3,(H,8,9);1H3. The molecule has 0 amide bonds. The highest BCUT2D eigenvalue weighted by molar-refractivity contribution is 7.65. The summed E-state index contributed by atoms with van der Waals surface area (Å²) >= 11 is 0. The molecule has 0 spiro atoms. The van der Waals surface area contributed by atoms with Crippen molar-refractivity contribution in [2.24, 2.45) is 0 Å². The van der Waals surface area contributed by atoms with Gasteiger partial charge in [0.05, 0.1) is 0 Å². The summed E-state index contributed by atoms with van der Waals surface area (Å²) in [7, 11) is -3.02. The highest BCUT2D eigenvalue weighted by Gasteiger charge is 2.10. The van der Waals surface area contributed by atoms with Crippen molar-refractivity contribution >= 4 is 12.7 Å². The molecule has 4 heteroatoms. The Balaban J connectivity index is 0.000001000. The molecular weight excluding hydrogens is 161 g/mol. The molecule has 11 heavy (non-hydrogen) atoms. The molecule has 1 aromatic carbocycles. The van der Waals surface area contributed by atoms with Crippen LogP contribution >= 0.6 is 7.37 Å². The fourth-order valence-electron chi connectivity index (χ4n) is 0.705. The van der Waals surface area contributed by atoms with Crippen LogP contribution in [0, 0.1) is 0 Å². The quantitative estimate of drug-likeness (QED) is 0.630. The molecule has 0 aliphatic rings. The summed E-state index contributed by atoms with van der Waals surface area (Å²) in [5, 5.41) is 0.509. The van der Waals surface area contributed by atoms with Crippen molar-refractivity contribution in [3.8, 4) is 0 Å². The van der Waals surface area contributed by atoms with E-state index in [1.165, 1.54) is 6.66 Å². The van der Waals surface area contributed by atoms with Gasteiger partial charge in [-0.15, -0.1) is 0 Å². The van der Waals surface area contributed by atoms with Crippen LogP contribution in [0.4, 0.5) is 0 Å². The fraction of sp³-hybridized carbons (Fsp3) is 0.143. The summed E-state index contributed by atoms with van der Waals surface area (Å²) in [6.07, 6.45) is 0. The minimum absolute atomic E-state index is 0. The predicted octanol–water partition coefficient (Wildman–Crippen LogP) is 1.37. The van der Waals surface area contributed by atoms with Crippen molar-refractivity contribution < 1.29 is 9.46 Å². The Morgan fingerprint density at radius 2 is 1.73 bits per heavy atom. The Morgan fingerprint density at radius 3 is 2.00 bits per heavy atom. The van der Waals surface area contributed by atoms with Crippen LogP contribution in [0.2, 0.25) is 0 Å². The van der Waals surface area contributed by atoms with Crippen LogP contribution in [0.3, 0.4) is 0 Å². The molecule has 1 unspecified atom stereocenters. The number of hydrogen-bond donors (Lipinski definition) is 2. The van der Waals surface area contributed by atoms with Gasteiger partial charge >= 0.3 is 0 Å². The maximum atomic E-state index is 11.0. The monoisotopic (exact) mass is 173 g/mol. The first-order chi connectivity index (χ1) is 4.61. The Kier molecular flexibility index (Phi) is 3.46. The van der Waals surface area contributed by atoms with E-state index in [4.69, 9.17) is 4.89 Å². The molecule has 0 heterocycles. The zero-order valence-electron chi connectivity index (χ0n) is 6.40. The lowest BCUT2D eigenvalue weighted by Crippen LogP contribution is -2.00. The fourth-order valence-corrected chi connectivity index (χ4v) is 1.43. The van der Waals surface area contributed by atoms with E-state index >= 15 is 0 Å². The predicted molar refractivity (Wildman–Crippen MR) is 46.8 cm³/mol. The molecule has 0 aliphatic heterocycles. The summed E-state index contributed by atoms with van der Waals surface area (Å²) in [5.41, 5.74) is 0. The van der Waals surface area contributed by atoms with Gasteiger partial charge in [-0.05, 0) is 12.1 Å². The molecule has 0 aliphatic carbocycles. The molecule has 1 atom stereocenters. The Morgan fingerprint density at radius 1 is 1.27 bits per heavy atom. The van der Waals surface area contributed by atoms with Gasteiger partial charge in [-0.2, -0.15) is 0 Å². The molecule has 1 rings (SSSR count). The van der Waals surface area contributed by atoms with E-state index < -0.39 is 7.37 Å². The van der Waals surface area contributed by atoms with Crippen LogP contribution in [0.25, 0.3) is 0 Å². The Bertz CT molecular complexity index is 254. The van der Waals surface area contributed by atoms with Crippen LogP contribution in [0.15, 0.2) is 30.3 Å². The third-order valence-corrected chi connectivity index (χ3v) is 2.49. The second-order valence-corrected chi connectivity index (χ2v) is 4.49. The SMILES string of the molecule is CP(=O)(O)c1ccccc1.N. The van der Waals surface area contributed by atoms with Gasteiger partial charge in [0.25, 0.3) is 0 Å². The minimum Gasteiger partial charge on any atom is -0.344 e. The van der Waals surface area contributed by atoms with E-state index in [-0.39, 0.29) is 6.15 Å². The molecule has 0 saturated heterocycles. The van der Waals surface area contributed by atoms with Gasteiger partial charge in [0, 0.05) is 12.0 Å². The third-order valence-electron chi connectivity index (χ3n) is 1.24. The first-order valence-corrected chi connectivity index (χ1v) is 5.07. The Labute approximate surface area is 66.1 Å². The molecule has 0 fully saturated rings. The Hall–Kier alpha value is -0.630. The van der Waals surface area contributed by atoms with Crippen LogP contribution in [0.1, 0.15) is 0 Å². The van der Waals surface area contributed by atoms with E-state index in [2.05, 4.69) is 0 Å². The lowest BCUT2D eigenvalue weighted by molar-refractivity contribution is 0.496. The van der Waals surface area contributed by atoms with E-state index in [9.17, 15) is 4.57 Å². The average Bonchev–Trinajstić information content (AvgIpc) is 1.88. The summed E-state index contributed by atoms with van der Waals surface area (Å²) in [6.45, 7) is 1.34. The van der Waals surface area contributed by atoms with Crippen molar-refractivity contribution in [2.45, 2.75) is 0 Å². The van der Waals surface area contributed by atoms with Gasteiger partial charge in [0.15, 0.2) is 0 Å². The topological polar surface area (TPSA) is 72.3 Å². The largest absolute Gasteiger partial charge is 0.344 e. The number of benzene rings is 1. The molecular formula is C7H12NO2P. The van der Waals surface area contributed by atoms with Crippen molar-refractivity contribution in [3.63, 3.8) is 0 Å². The van der Waals surface area contributed by atoms with Crippen molar-refractivity contribution in [2.75, 3.05) is 6.66 Å². The van der Waals surface area contributed by atoms with Crippen molar-refractivity contribution in [3.05, 3.63) is 30.3 Å². The second-order valence-electron chi connectivity index (χ2n) is 2.21. The highest BCUT2D eigenvalue weighted by atomic mass is 31.2. The molecule has 3 nitrogen and oxygen atoms in total. The van der Waals surface area contributed by atoms with Crippen LogP contribution < -0.4 is 11.5 Å². The van der Waals surface area contributed by atoms with Gasteiger partial charge in [-0.1, -0.05) is 18.2 Å². The molecule has 0 saturated carbocycles. The van der Waals surface area contributed by atoms with Crippen LogP contribution in [0.5, 0.6) is 0 Å². The average molecular weight is 173 g/mol. The zero-order chi connectivity index (χ0) is 7.61. The maximum absolute atomic E-state index is 11.0. The lowest BCUT2D eigenvalue weighted by atomic mass is 10.4. The van der Waals surface area contributed by atoms with Gasteiger partial charge < -0.3 is 11.0 Å². The maximum Gasteiger partial charge on any atom is 0.226 e. The van der Waals surface area contributed by atoms with Gasteiger partial charge in [-0.25, -0.2) is 0 Å². The molecule has 1 aromatic rings. The zero-order valence-corrected chi connectivity index (χ0v) is 7.29. The molecule has 4 N–H and O–H groups in total. The van der Waals surface area contributed by atoms with Crippen molar-refractivity contribution in [1.82, 2.24) is 6.15 Å². The highest BCUT2D eigenvalue weighted by Crippen LogP contribution is 2.33. The normalized spacial score (nSPS) is 14.7. The van der Waals surface area contributed by atoms with E-state index in [0.29, 0.717) is 5.30 Å². The second kappa shape index (κ2) is 3.67. The van der Waals surface area contributed by atoms with Crippen LogP contribution in [-0.2, 0) is 4.57 Å². The molecule has 0 radical (unpaired) electrons. The minimum atomic E-state index is -3.02. The van der Waals surface area contributed by atoms with Crippen LogP contribution in [-0.4, -0.2) is 11.6 Å². The number of rotatable bonds is 1. The molecule has 0 bridgehead atoms. The smallest absolute Gasteiger partial charge is 0.226 e. The van der Waals surface area contributed by atoms with E-state index in [1.807, 2.05) is 6.07 Å². The van der Waals surface area contributed by atoms with E-state index in [1.54, 1.807) is 24.3 Å². The van der Waals surface area contributed by atoms with Crippen molar-refractivity contribution in [1.29, 1.82) is 0 Å². The third kappa shape index (κ3) is 2.85. The summed E-state index contributed by atoms with van der Waals surface area (Å²) in [5.74, 6) is 0. The van der Waals surface area contributed by atoms with E-state index in [0.717, 1.165) is 0 Å². The first kappa shape index (κ1) is 10.4. The lowest BCUT2D eigenvalue weighted by Gasteiger charge is -2.02. The van der Waals surface area contributed by atoms with Gasteiger partial charge in [-0.3, -0.25) is 4.57 Å². The molecule has 0 aromatic heterocycles. The first-order valence-electron chi connectivity index (χ1n) is 2.96. The van der Waals surface area contributed by atoms with Gasteiger partial charge in [0.2, 0.25) is 7.37 Å². The summed E-state index contributed by atoms with van der Waals surface area (Å²) in [4.78, 5) is 9.04.